The number of rotatable bonds is 1. The molecule has 0 bridgehead atoms. The molecule has 3 N–H and O–H groups in total. The van der Waals surface area contributed by atoms with Gasteiger partial charge in [0.25, 0.3) is 0 Å². The summed E-state index contributed by atoms with van der Waals surface area (Å²) in [5, 5.41) is 19.6. The van der Waals surface area contributed by atoms with Crippen LogP contribution in [0.3, 0.4) is 0 Å². The molecule has 0 aliphatic carbocycles. The summed E-state index contributed by atoms with van der Waals surface area (Å²) >= 11 is 5.53. The summed E-state index contributed by atoms with van der Waals surface area (Å²) in [4.78, 5) is 10.3. The fraction of sp³-hybridized carbons (Fsp3) is 0.800. The number of aliphatic carboxylic acids is 1. The van der Waals surface area contributed by atoms with Crippen LogP contribution in [0.5, 0.6) is 0 Å². The number of hydrogen-bond acceptors (Lipinski definition) is 3. The van der Waals surface area contributed by atoms with Crippen molar-refractivity contribution >= 4 is 17.6 Å². The molecule has 0 amide bonds. The maximum absolute atomic E-state index is 10.3. The number of aliphatic hydroxyl groups excluding tert-OH is 1. The van der Waals surface area contributed by atoms with Gasteiger partial charge in [-0.15, -0.1) is 11.6 Å². The van der Waals surface area contributed by atoms with Crippen LogP contribution in [-0.4, -0.2) is 40.3 Å². The van der Waals surface area contributed by atoms with Crippen LogP contribution < -0.4 is 5.32 Å². The average molecular weight is 166 g/mol. The van der Waals surface area contributed by atoms with Crippen molar-refractivity contribution in [1.29, 1.82) is 0 Å². The molecule has 0 aromatic heterocycles. The van der Waals surface area contributed by atoms with Gasteiger partial charge in [-0.25, -0.2) is 0 Å². The van der Waals surface area contributed by atoms with Crippen molar-refractivity contribution in [3.8, 4) is 0 Å². The number of carbonyl (C=O) groups is 1. The molecular formula is C5H8ClNO3. The molecule has 0 spiro atoms. The summed E-state index contributed by atoms with van der Waals surface area (Å²) in [6.45, 7) is 0.347. The summed E-state index contributed by atoms with van der Waals surface area (Å²) in [7, 11) is 0. The van der Waals surface area contributed by atoms with E-state index in [1.165, 1.54) is 0 Å². The van der Waals surface area contributed by atoms with Crippen LogP contribution in [-0.2, 0) is 4.79 Å². The lowest BCUT2D eigenvalue weighted by atomic mass is 10.2. The second-order valence-electron chi connectivity index (χ2n) is 2.23. The highest BCUT2D eigenvalue weighted by atomic mass is 35.5. The maximum Gasteiger partial charge on any atom is 0.323 e. The molecular weight excluding hydrogens is 158 g/mol. The quantitative estimate of drug-likeness (QED) is 0.437. The van der Waals surface area contributed by atoms with Gasteiger partial charge in [-0.2, -0.15) is 0 Å². The Hall–Kier alpha value is -0.320. The largest absolute Gasteiger partial charge is 0.480 e. The highest BCUT2D eigenvalue weighted by Crippen LogP contribution is 2.13. The Balaban J connectivity index is 2.57. The molecule has 10 heavy (non-hydrogen) atoms. The fourth-order valence-corrected chi connectivity index (χ4v) is 1.16. The monoisotopic (exact) mass is 165 g/mol. The standard InChI is InChI=1S/C5H8ClNO3/c6-2-1-7-3(4(2)8)5(9)10/h2-4,7-8H,1H2,(H,9,10)/t2?,3-,4?/m0/s1. The molecule has 0 radical (unpaired) electrons. The summed E-state index contributed by atoms with van der Waals surface area (Å²) in [5.74, 6) is -1.06. The van der Waals surface area contributed by atoms with Crippen molar-refractivity contribution in [3.63, 3.8) is 0 Å². The molecule has 58 valence electrons. The second kappa shape index (κ2) is 2.74. The highest BCUT2D eigenvalue weighted by Gasteiger charge is 2.37. The second-order valence-corrected chi connectivity index (χ2v) is 2.79. The molecule has 1 aliphatic heterocycles. The zero-order chi connectivity index (χ0) is 7.72. The molecule has 1 heterocycles. The van der Waals surface area contributed by atoms with E-state index in [1.54, 1.807) is 0 Å². The van der Waals surface area contributed by atoms with Gasteiger partial charge in [-0.1, -0.05) is 0 Å². The number of carboxylic acid groups (broad SMARTS) is 1. The Bertz CT molecular complexity index is 152. The Morgan fingerprint density at radius 2 is 2.30 bits per heavy atom. The van der Waals surface area contributed by atoms with Gasteiger partial charge >= 0.3 is 5.97 Å². The summed E-state index contributed by atoms with van der Waals surface area (Å²) in [6, 6.07) is -0.900. The molecule has 5 heteroatoms. The Morgan fingerprint density at radius 3 is 2.50 bits per heavy atom. The lowest BCUT2D eigenvalue weighted by Crippen LogP contribution is -2.39. The number of nitrogens with one attached hydrogen (secondary N) is 1. The number of aliphatic hydroxyl groups is 1. The van der Waals surface area contributed by atoms with Crippen LogP contribution >= 0.6 is 11.6 Å². The van der Waals surface area contributed by atoms with Crippen molar-refractivity contribution in [2.24, 2.45) is 0 Å². The van der Waals surface area contributed by atoms with Crippen molar-refractivity contribution < 1.29 is 15.0 Å². The van der Waals surface area contributed by atoms with Gasteiger partial charge in [-0.05, 0) is 0 Å². The SMILES string of the molecule is O=C(O)[C@H]1NCC(Cl)C1O. The van der Waals surface area contributed by atoms with Gasteiger partial charge in [0, 0.05) is 6.54 Å². The van der Waals surface area contributed by atoms with Gasteiger partial charge in [0.15, 0.2) is 0 Å². The van der Waals surface area contributed by atoms with Gasteiger partial charge in [0.1, 0.15) is 6.04 Å². The van der Waals surface area contributed by atoms with E-state index in [1.807, 2.05) is 0 Å². The molecule has 1 rings (SSSR count). The van der Waals surface area contributed by atoms with Gasteiger partial charge in [0.2, 0.25) is 0 Å². The fourth-order valence-electron chi connectivity index (χ4n) is 0.923. The van der Waals surface area contributed by atoms with E-state index in [2.05, 4.69) is 5.32 Å². The minimum atomic E-state index is -1.06. The number of halogens is 1. The molecule has 2 unspecified atom stereocenters. The van der Waals surface area contributed by atoms with Crippen LogP contribution in [0.1, 0.15) is 0 Å². The zero-order valence-electron chi connectivity index (χ0n) is 5.12. The van der Waals surface area contributed by atoms with Gasteiger partial charge in [-0.3, -0.25) is 4.79 Å². The van der Waals surface area contributed by atoms with Crippen LogP contribution in [0.2, 0.25) is 0 Å². The normalized spacial score (nSPS) is 40.0. The molecule has 1 fully saturated rings. The lowest BCUT2D eigenvalue weighted by Gasteiger charge is -2.09. The first-order valence-corrected chi connectivity index (χ1v) is 3.35. The first-order chi connectivity index (χ1) is 4.63. The minimum Gasteiger partial charge on any atom is -0.480 e. The third-order valence-corrected chi connectivity index (χ3v) is 1.92. The predicted molar refractivity (Wildman–Crippen MR) is 35.1 cm³/mol. The lowest BCUT2D eigenvalue weighted by molar-refractivity contribution is -0.141. The zero-order valence-corrected chi connectivity index (χ0v) is 5.88. The molecule has 0 aromatic rings. The predicted octanol–water partition coefficient (Wildman–Crippen LogP) is -0.989. The molecule has 0 aromatic carbocycles. The smallest absolute Gasteiger partial charge is 0.323 e. The summed E-state index contributed by atoms with van der Waals surface area (Å²) in [5.41, 5.74) is 0. The van der Waals surface area contributed by atoms with Crippen LogP contribution in [0.15, 0.2) is 0 Å². The average Bonchev–Trinajstić information content (AvgIpc) is 2.14. The Kier molecular flexibility index (Phi) is 2.13. The first-order valence-electron chi connectivity index (χ1n) is 2.91. The van der Waals surface area contributed by atoms with Crippen molar-refractivity contribution in [2.75, 3.05) is 6.54 Å². The topological polar surface area (TPSA) is 69.6 Å². The number of alkyl halides is 1. The van der Waals surface area contributed by atoms with E-state index in [9.17, 15) is 4.79 Å². The first kappa shape index (κ1) is 7.78. The van der Waals surface area contributed by atoms with Crippen LogP contribution in [0, 0.1) is 0 Å². The number of hydrogen-bond donors (Lipinski definition) is 3. The molecule has 0 saturated carbocycles. The van der Waals surface area contributed by atoms with E-state index >= 15 is 0 Å². The Labute approximate surface area is 62.8 Å². The van der Waals surface area contributed by atoms with E-state index in [4.69, 9.17) is 21.8 Å². The molecule has 1 aliphatic rings. The van der Waals surface area contributed by atoms with E-state index < -0.39 is 23.5 Å². The van der Waals surface area contributed by atoms with E-state index in [0.29, 0.717) is 6.54 Å². The third-order valence-electron chi connectivity index (χ3n) is 1.51. The summed E-state index contributed by atoms with van der Waals surface area (Å²) in [6.07, 6.45) is -0.973. The summed E-state index contributed by atoms with van der Waals surface area (Å²) < 4.78 is 0. The van der Waals surface area contributed by atoms with Crippen LogP contribution in [0.25, 0.3) is 0 Å². The van der Waals surface area contributed by atoms with E-state index in [-0.39, 0.29) is 0 Å². The Morgan fingerprint density at radius 1 is 1.70 bits per heavy atom. The van der Waals surface area contributed by atoms with Crippen molar-refractivity contribution in [3.05, 3.63) is 0 Å². The van der Waals surface area contributed by atoms with Gasteiger partial charge < -0.3 is 15.5 Å². The molecule has 1 saturated heterocycles. The van der Waals surface area contributed by atoms with E-state index in [0.717, 1.165) is 0 Å². The molecule has 3 atom stereocenters. The maximum atomic E-state index is 10.3. The minimum absolute atomic E-state index is 0.347. The third kappa shape index (κ3) is 1.23. The molecule has 4 nitrogen and oxygen atoms in total. The highest BCUT2D eigenvalue weighted by molar-refractivity contribution is 6.21. The number of carboxylic acids is 1. The van der Waals surface area contributed by atoms with Crippen LogP contribution in [0.4, 0.5) is 0 Å². The van der Waals surface area contributed by atoms with Gasteiger partial charge in [0.05, 0.1) is 11.5 Å². The van der Waals surface area contributed by atoms with Crippen molar-refractivity contribution in [2.45, 2.75) is 17.5 Å². The van der Waals surface area contributed by atoms with Crippen molar-refractivity contribution in [1.82, 2.24) is 5.32 Å².